The van der Waals surface area contributed by atoms with Crippen LogP contribution in [0.1, 0.15) is 23.7 Å². The molecule has 1 aromatic carbocycles. The number of hydrogen-bond donors (Lipinski definition) is 1. The maximum absolute atomic E-state index is 12.3. The lowest BCUT2D eigenvalue weighted by atomic mass is 10.1. The first kappa shape index (κ1) is 17.1. The van der Waals surface area contributed by atoms with Gasteiger partial charge >= 0.3 is 15.5 Å². The normalized spacial score (nSPS) is 12.3. The van der Waals surface area contributed by atoms with E-state index in [1.165, 1.54) is 4.72 Å². The van der Waals surface area contributed by atoms with Gasteiger partial charge in [0, 0.05) is 12.0 Å². The topological polar surface area (TPSA) is 63.2 Å². The Morgan fingerprint density at radius 1 is 1.25 bits per heavy atom. The summed E-state index contributed by atoms with van der Waals surface area (Å²) in [6.45, 7) is 1.57. The summed E-state index contributed by atoms with van der Waals surface area (Å²) in [7, 11) is -5.64. The van der Waals surface area contributed by atoms with Crippen LogP contribution in [0.5, 0.6) is 0 Å². The van der Waals surface area contributed by atoms with Crippen molar-refractivity contribution in [1.82, 2.24) is 0 Å². The van der Waals surface area contributed by atoms with Crippen LogP contribution in [0.25, 0.3) is 0 Å². The van der Waals surface area contributed by atoms with Crippen molar-refractivity contribution in [3.05, 3.63) is 27.7 Å². The Bertz CT molecular complexity index is 621. The Kier molecular flexibility index (Phi) is 4.94. The summed E-state index contributed by atoms with van der Waals surface area (Å²) in [5.74, 6) is -0.334. The molecule has 1 aromatic rings. The van der Waals surface area contributed by atoms with Gasteiger partial charge in [0.25, 0.3) is 0 Å². The van der Waals surface area contributed by atoms with E-state index >= 15 is 0 Å². The SMILES string of the molecule is CCC(=O)c1cc(Cl)c(NS(=O)(=O)C(F)(F)F)c(Cl)c1. The highest BCUT2D eigenvalue weighted by atomic mass is 35.5. The summed E-state index contributed by atoms with van der Waals surface area (Å²) in [4.78, 5) is 11.4. The van der Waals surface area contributed by atoms with E-state index in [4.69, 9.17) is 23.2 Å². The van der Waals surface area contributed by atoms with Gasteiger partial charge in [-0.2, -0.15) is 21.6 Å². The summed E-state index contributed by atoms with van der Waals surface area (Å²) in [6.07, 6.45) is 0.139. The quantitative estimate of drug-likeness (QED) is 0.839. The number of rotatable bonds is 4. The second-order valence-electron chi connectivity index (χ2n) is 3.64. The van der Waals surface area contributed by atoms with E-state index in [1.54, 1.807) is 6.92 Å². The van der Waals surface area contributed by atoms with Crippen LogP contribution in [-0.2, 0) is 10.0 Å². The van der Waals surface area contributed by atoms with Crippen LogP contribution < -0.4 is 4.72 Å². The second kappa shape index (κ2) is 5.79. The van der Waals surface area contributed by atoms with Crippen LogP contribution >= 0.6 is 23.2 Å². The minimum atomic E-state index is -5.64. The molecule has 10 heteroatoms. The fraction of sp³-hybridized carbons (Fsp3) is 0.300. The van der Waals surface area contributed by atoms with Gasteiger partial charge in [-0.15, -0.1) is 0 Å². The molecule has 1 rings (SSSR count). The molecule has 0 aromatic heterocycles. The van der Waals surface area contributed by atoms with Crippen molar-refractivity contribution >= 4 is 44.7 Å². The van der Waals surface area contributed by atoms with Gasteiger partial charge in [0.1, 0.15) is 0 Å². The van der Waals surface area contributed by atoms with Gasteiger partial charge in [-0.25, -0.2) is 0 Å². The smallest absolute Gasteiger partial charge is 0.294 e. The number of nitrogens with one attached hydrogen (secondary N) is 1. The third-order valence-corrected chi connectivity index (χ3v) is 3.90. The fourth-order valence-corrected chi connectivity index (χ4v) is 2.53. The Hall–Kier alpha value is -0.990. The molecule has 0 heterocycles. The standard InChI is InChI=1S/C10H8Cl2F3NO3S/c1-2-8(17)5-3-6(11)9(7(12)4-5)16-20(18,19)10(13,14)15/h3-4,16H,2H2,1H3. The van der Waals surface area contributed by atoms with Crippen LogP contribution in [0.3, 0.4) is 0 Å². The zero-order valence-electron chi connectivity index (χ0n) is 9.88. The largest absolute Gasteiger partial charge is 0.516 e. The number of alkyl halides is 3. The zero-order valence-corrected chi connectivity index (χ0v) is 12.2. The molecule has 0 bridgehead atoms. The first-order valence-electron chi connectivity index (χ1n) is 5.11. The van der Waals surface area contributed by atoms with Crippen LogP contribution in [0, 0.1) is 0 Å². The van der Waals surface area contributed by atoms with E-state index in [9.17, 15) is 26.4 Å². The predicted molar refractivity (Wildman–Crippen MR) is 69.7 cm³/mol. The lowest BCUT2D eigenvalue weighted by molar-refractivity contribution is -0.0429. The van der Waals surface area contributed by atoms with Crippen molar-refractivity contribution in [1.29, 1.82) is 0 Å². The molecule has 0 aliphatic rings. The molecule has 0 spiro atoms. The molecule has 4 nitrogen and oxygen atoms in total. The van der Waals surface area contributed by atoms with Crippen molar-refractivity contribution in [2.75, 3.05) is 4.72 Å². The molecular formula is C10H8Cl2F3NO3S. The van der Waals surface area contributed by atoms with Gasteiger partial charge in [-0.3, -0.25) is 9.52 Å². The van der Waals surface area contributed by atoms with E-state index in [0.717, 1.165) is 12.1 Å². The second-order valence-corrected chi connectivity index (χ2v) is 6.13. The van der Waals surface area contributed by atoms with Crippen molar-refractivity contribution in [2.45, 2.75) is 18.9 Å². The average Bonchev–Trinajstić information content (AvgIpc) is 2.31. The summed E-state index contributed by atoms with van der Waals surface area (Å²) in [5, 5.41) is -0.802. The lowest BCUT2D eigenvalue weighted by Crippen LogP contribution is -2.30. The number of hydrogen-bond acceptors (Lipinski definition) is 3. The molecule has 0 fully saturated rings. The first-order chi connectivity index (χ1) is 8.99. The monoisotopic (exact) mass is 349 g/mol. The fourth-order valence-electron chi connectivity index (χ4n) is 1.23. The average molecular weight is 350 g/mol. The van der Waals surface area contributed by atoms with Crippen molar-refractivity contribution in [3.8, 4) is 0 Å². The van der Waals surface area contributed by atoms with E-state index < -0.39 is 31.3 Å². The first-order valence-corrected chi connectivity index (χ1v) is 7.35. The lowest BCUT2D eigenvalue weighted by Gasteiger charge is -2.14. The highest BCUT2D eigenvalue weighted by molar-refractivity contribution is 7.93. The minimum Gasteiger partial charge on any atom is -0.294 e. The highest BCUT2D eigenvalue weighted by Gasteiger charge is 2.46. The molecular weight excluding hydrogens is 342 g/mol. The summed E-state index contributed by atoms with van der Waals surface area (Å²) in [5.41, 5.74) is -6.05. The van der Waals surface area contributed by atoms with E-state index in [-0.39, 0.29) is 17.8 Å². The number of carbonyl (C=O) groups is 1. The number of Topliss-reactive ketones (excluding diaryl/α,β-unsaturated/α-hetero) is 1. The van der Waals surface area contributed by atoms with E-state index in [2.05, 4.69) is 0 Å². The molecule has 0 saturated carbocycles. The van der Waals surface area contributed by atoms with E-state index in [0.29, 0.717) is 0 Å². The van der Waals surface area contributed by atoms with Crippen LogP contribution in [0.2, 0.25) is 10.0 Å². The van der Waals surface area contributed by atoms with Gasteiger partial charge in [0.05, 0.1) is 15.7 Å². The third-order valence-electron chi connectivity index (χ3n) is 2.23. The van der Waals surface area contributed by atoms with Crippen molar-refractivity contribution in [2.24, 2.45) is 0 Å². The Morgan fingerprint density at radius 3 is 2.05 bits per heavy atom. The summed E-state index contributed by atoms with van der Waals surface area (Å²) in [6, 6.07) is 2.10. The molecule has 0 radical (unpaired) electrons. The van der Waals surface area contributed by atoms with Gasteiger partial charge in [-0.1, -0.05) is 30.1 Å². The van der Waals surface area contributed by atoms with Crippen molar-refractivity contribution < 1.29 is 26.4 Å². The van der Waals surface area contributed by atoms with Crippen LogP contribution in [-0.4, -0.2) is 19.7 Å². The maximum Gasteiger partial charge on any atom is 0.516 e. The highest BCUT2D eigenvalue weighted by Crippen LogP contribution is 2.35. The Labute approximate surface area is 122 Å². The molecule has 20 heavy (non-hydrogen) atoms. The molecule has 1 N–H and O–H groups in total. The number of benzene rings is 1. The molecule has 0 unspecified atom stereocenters. The Morgan fingerprint density at radius 2 is 1.70 bits per heavy atom. The number of anilines is 1. The zero-order chi connectivity index (χ0) is 15.7. The number of sulfonamides is 1. The molecule has 0 amide bonds. The molecule has 0 aliphatic carbocycles. The summed E-state index contributed by atoms with van der Waals surface area (Å²) >= 11 is 11.3. The van der Waals surface area contributed by atoms with Gasteiger partial charge < -0.3 is 0 Å². The summed E-state index contributed by atoms with van der Waals surface area (Å²) < 4.78 is 60.0. The molecule has 0 atom stereocenters. The van der Waals surface area contributed by atoms with Gasteiger partial charge in [0.2, 0.25) is 0 Å². The van der Waals surface area contributed by atoms with Crippen LogP contribution in [0.15, 0.2) is 12.1 Å². The third kappa shape index (κ3) is 3.56. The Balaban J connectivity index is 3.26. The maximum atomic E-state index is 12.3. The molecule has 0 aliphatic heterocycles. The predicted octanol–water partition coefficient (Wildman–Crippen LogP) is 3.85. The van der Waals surface area contributed by atoms with Crippen molar-refractivity contribution in [3.63, 3.8) is 0 Å². The number of halogens is 5. The van der Waals surface area contributed by atoms with Gasteiger partial charge in [0.15, 0.2) is 5.78 Å². The minimum absolute atomic E-state index is 0.0810. The van der Waals surface area contributed by atoms with Gasteiger partial charge in [-0.05, 0) is 12.1 Å². The molecule has 0 saturated heterocycles. The number of carbonyl (C=O) groups excluding carboxylic acids is 1. The number of ketones is 1. The van der Waals surface area contributed by atoms with Crippen LogP contribution in [0.4, 0.5) is 18.9 Å². The molecule has 112 valence electrons. The van der Waals surface area contributed by atoms with E-state index in [1.807, 2.05) is 0 Å².